The Kier molecular flexibility index (Phi) is 15.3. The van der Waals surface area contributed by atoms with Gasteiger partial charge in [0.05, 0.1) is 6.04 Å². The molecule has 0 aromatic carbocycles. The highest BCUT2D eigenvalue weighted by atomic mass is 16.2. The molecule has 0 radical (unpaired) electrons. The fourth-order valence-corrected chi connectivity index (χ4v) is 3.29. The van der Waals surface area contributed by atoms with E-state index in [1.165, 1.54) is 0 Å². The molecule has 0 aliphatic rings. The lowest BCUT2D eigenvalue weighted by atomic mass is 9.99. The minimum Gasteiger partial charge on any atom is -0.370 e. The molecule has 0 spiro atoms. The number of nitrogens with two attached hydrogens (primary N) is 5. The quantitative estimate of drug-likeness (QED) is 0.0615. The van der Waals surface area contributed by atoms with Crippen LogP contribution in [0.2, 0.25) is 0 Å². The minimum atomic E-state index is -0.969. The molecule has 0 unspecified atom stereocenters. The van der Waals surface area contributed by atoms with Gasteiger partial charge >= 0.3 is 0 Å². The third-order valence-electron chi connectivity index (χ3n) is 5.40. The number of primary amides is 1. The van der Waals surface area contributed by atoms with E-state index < -0.39 is 47.8 Å². The Bertz CT molecular complexity index is 724. The maximum atomic E-state index is 13.1. The lowest BCUT2D eigenvalue weighted by Gasteiger charge is -2.28. The second-order valence-electron chi connectivity index (χ2n) is 9.26. The number of carbonyl (C=O) groups excluding carboxylic acids is 4. The van der Waals surface area contributed by atoms with Gasteiger partial charge in [-0.05, 0) is 44.1 Å². The van der Waals surface area contributed by atoms with E-state index in [9.17, 15) is 19.2 Å². The number of nitrogens with zero attached hydrogens (tertiary/aromatic N) is 1. The fourth-order valence-electron chi connectivity index (χ4n) is 3.29. The van der Waals surface area contributed by atoms with E-state index in [1.54, 1.807) is 27.7 Å². The summed E-state index contributed by atoms with van der Waals surface area (Å²) >= 11 is 0. The summed E-state index contributed by atoms with van der Waals surface area (Å²) in [5, 5.41) is 7.96. The first-order valence-electron chi connectivity index (χ1n) is 12.0. The Labute approximate surface area is 207 Å². The predicted molar refractivity (Wildman–Crippen MR) is 135 cm³/mol. The molecule has 0 fully saturated rings. The lowest BCUT2D eigenvalue weighted by Crippen LogP contribution is -2.59. The third-order valence-corrected chi connectivity index (χ3v) is 5.40. The number of hydrogen-bond acceptors (Lipinski definition) is 7. The number of hydrogen-bond donors (Lipinski definition) is 8. The smallest absolute Gasteiger partial charge is 0.243 e. The molecule has 0 aromatic heterocycles. The van der Waals surface area contributed by atoms with Gasteiger partial charge in [-0.1, -0.05) is 34.1 Å². The summed E-state index contributed by atoms with van der Waals surface area (Å²) in [7, 11) is 0. The van der Waals surface area contributed by atoms with Crippen molar-refractivity contribution < 1.29 is 19.2 Å². The molecule has 35 heavy (non-hydrogen) atoms. The first-order valence-corrected chi connectivity index (χ1v) is 12.0. The number of rotatable bonds is 17. The molecule has 0 heterocycles. The molecule has 202 valence electrons. The number of unbranched alkanes of at least 4 members (excludes halogenated alkanes) is 1. The van der Waals surface area contributed by atoms with Crippen molar-refractivity contribution in [3.8, 4) is 0 Å². The minimum absolute atomic E-state index is 0.0809. The van der Waals surface area contributed by atoms with Crippen molar-refractivity contribution in [1.29, 1.82) is 0 Å². The molecule has 0 saturated carbocycles. The van der Waals surface area contributed by atoms with Crippen LogP contribution in [-0.2, 0) is 19.2 Å². The van der Waals surface area contributed by atoms with Gasteiger partial charge < -0.3 is 44.6 Å². The summed E-state index contributed by atoms with van der Waals surface area (Å²) in [5.74, 6) is -2.89. The second-order valence-corrected chi connectivity index (χ2v) is 9.26. The van der Waals surface area contributed by atoms with Gasteiger partial charge in [-0.15, -0.1) is 0 Å². The highest BCUT2D eigenvalue weighted by molar-refractivity contribution is 5.94. The van der Waals surface area contributed by atoms with E-state index in [2.05, 4.69) is 20.9 Å². The van der Waals surface area contributed by atoms with Crippen LogP contribution in [0.1, 0.15) is 59.8 Å². The molecule has 0 rings (SSSR count). The first kappa shape index (κ1) is 32.1. The standard InChI is InChI=1S/C22H45N9O4/c1-12(2)16(18(25)32)30-21(35)17(13(3)4)31-20(34)15(9-7-11-28-22(26)27)29-19(33)14(24)8-5-6-10-23/h12-17H,5-11,23-24H2,1-4H3,(H2,25,32)(H,29,33)(H,30,35)(H,31,34)(H4,26,27,28)/t14-,15-,16+,17-/m1/s1. The monoisotopic (exact) mass is 499 g/mol. The molecule has 0 aromatic rings. The van der Waals surface area contributed by atoms with Crippen LogP contribution in [0.25, 0.3) is 0 Å². The summed E-state index contributed by atoms with van der Waals surface area (Å²) in [4.78, 5) is 54.2. The van der Waals surface area contributed by atoms with E-state index >= 15 is 0 Å². The average molecular weight is 500 g/mol. The molecule has 0 aliphatic carbocycles. The Morgan fingerprint density at radius 3 is 1.80 bits per heavy atom. The first-order chi connectivity index (χ1) is 16.3. The molecule has 13 N–H and O–H groups in total. The van der Waals surface area contributed by atoms with Crippen molar-refractivity contribution in [2.45, 2.75) is 84.0 Å². The molecule has 0 aliphatic heterocycles. The van der Waals surface area contributed by atoms with E-state index in [-0.39, 0.29) is 30.8 Å². The highest BCUT2D eigenvalue weighted by Crippen LogP contribution is 2.08. The maximum Gasteiger partial charge on any atom is 0.243 e. The van der Waals surface area contributed by atoms with Crippen molar-refractivity contribution in [3.63, 3.8) is 0 Å². The summed E-state index contributed by atoms with van der Waals surface area (Å²) in [5.41, 5.74) is 27.5. The van der Waals surface area contributed by atoms with Gasteiger partial charge in [-0.25, -0.2) is 0 Å². The van der Waals surface area contributed by atoms with Gasteiger partial charge in [0.1, 0.15) is 18.1 Å². The summed E-state index contributed by atoms with van der Waals surface area (Å²) in [6.45, 7) is 7.75. The van der Waals surface area contributed by atoms with Gasteiger partial charge in [0.25, 0.3) is 0 Å². The Hall–Kier alpha value is -2.93. The fraction of sp³-hybridized carbons (Fsp3) is 0.773. The largest absolute Gasteiger partial charge is 0.370 e. The molecule has 4 amide bonds. The van der Waals surface area contributed by atoms with Crippen molar-refractivity contribution in [2.24, 2.45) is 45.5 Å². The van der Waals surface area contributed by atoms with Crippen LogP contribution in [0.4, 0.5) is 0 Å². The summed E-state index contributed by atoms with van der Waals surface area (Å²) in [6, 6.07) is -3.62. The van der Waals surface area contributed by atoms with Gasteiger partial charge in [0, 0.05) is 6.54 Å². The van der Waals surface area contributed by atoms with Crippen molar-refractivity contribution in [1.82, 2.24) is 16.0 Å². The summed E-state index contributed by atoms with van der Waals surface area (Å²) < 4.78 is 0. The van der Waals surface area contributed by atoms with Gasteiger partial charge in [0.2, 0.25) is 23.6 Å². The van der Waals surface area contributed by atoms with Crippen LogP contribution < -0.4 is 44.6 Å². The van der Waals surface area contributed by atoms with Crippen LogP contribution in [0.5, 0.6) is 0 Å². The van der Waals surface area contributed by atoms with Crippen LogP contribution in [0, 0.1) is 11.8 Å². The Balaban J connectivity index is 5.47. The van der Waals surface area contributed by atoms with Crippen LogP contribution in [0.3, 0.4) is 0 Å². The number of guanidine groups is 1. The Morgan fingerprint density at radius 2 is 1.31 bits per heavy atom. The van der Waals surface area contributed by atoms with E-state index in [0.29, 0.717) is 25.8 Å². The number of nitrogens with one attached hydrogen (secondary N) is 3. The zero-order valence-electron chi connectivity index (χ0n) is 21.4. The normalized spacial score (nSPS) is 14.5. The van der Waals surface area contributed by atoms with Crippen molar-refractivity contribution in [3.05, 3.63) is 0 Å². The zero-order valence-corrected chi connectivity index (χ0v) is 21.4. The number of amides is 4. The van der Waals surface area contributed by atoms with Crippen LogP contribution >= 0.6 is 0 Å². The average Bonchev–Trinajstić information content (AvgIpc) is 2.76. The third kappa shape index (κ3) is 12.9. The predicted octanol–water partition coefficient (Wildman–Crippen LogP) is -2.25. The van der Waals surface area contributed by atoms with Crippen molar-refractivity contribution in [2.75, 3.05) is 13.1 Å². The summed E-state index contributed by atoms with van der Waals surface area (Å²) in [6.07, 6.45) is 2.45. The lowest BCUT2D eigenvalue weighted by molar-refractivity contribution is -0.134. The van der Waals surface area contributed by atoms with Crippen LogP contribution in [-0.4, -0.2) is 66.8 Å². The SMILES string of the molecule is CC(C)[C@H](NC(=O)[C@H](NC(=O)[C@@H](CCCN=C(N)N)NC(=O)[C@H](N)CCCCN)C(C)C)C(N)=O. The van der Waals surface area contributed by atoms with Crippen LogP contribution in [0.15, 0.2) is 4.99 Å². The van der Waals surface area contributed by atoms with Gasteiger partial charge in [-0.2, -0.15) is 0 Å². The molecule has 0 bridgehead atoms. The second kappa shape index (κ2) is 16.7. The Morgan fingerprint density at radius 1 is 0.743 bits per heavy atom. The molecular weight excluding hydrogens is 454 g/mol. The zero-order chi connectivity index (χ0) is 27.1. The molecule has 0 saturated heterocycles. The number of carbonyl (C=O) groups is 4. The molecule has 13 heteroatoms. The van der Waals surface area contributed by atoms with Crippen molar-refractivity contribution >= 4 is 29.6 Å². The van der Waals surface area contributed by atoms with E-state index in [4.69, 9.17) is 28.7 Å². The van der Waals surface area contributed by atoms with Gasteiger partial charge in [0.15, 0.2) is 5.96 Å². The van der Waals surface area contributed by atoms with E-state index in [1.807, 2.05) is 0 Å². The number of aliphatic imine (C=N–C) groups is 1. The maximum absolute atomic E-state index is 13.1. The van der Waals surface area contributed by atoms with Gasteiger partial charge in [-0.3, -0.25) is 24.2 Å². The molecular formula is C22H45N9O4. The highest BCUT2D eigenvalue weighted by Gasteiger charge is 2.32. The van der Waals surface area contributed by atoms with E-state index in [0.717, 1.165) is 6.42 Å². The topological polar surface area (TPSA) is 247 Å². The molecule has 13 nitrogen and oxygen atoms in total. The molecule has 4 atom stereocenters.